The molecule has 1 rings (SSSR count). The smallest absolute Gasteiger partial charge is 0.261 e. The van der Waals surface area contributed by atoms with Crippen LogP contribution in [0.3, 0.4) is 0 Å². The molecule has 0 radical (unpaired) electrons. The Hall–Kier alpha value is -1.65. The molecule has 2 amide bonds. The second-order valence-electron chi connectivity index (χ2n) is 2.40. The Kier molecular flexibility index (Phi) is 2.23. The van der Waals surface area contributed by atoms with Crippen LogP contribution in [-0.2, 0) is 9.59 Å². The molecule has 0 aromatic carbocycles. The molecule has 64 valence electrons. The number of carbonyl (C=O) groups is 2. The number of allylic oxidation sites excluding steroid dienone is 1. The van der Waals surface area contributed by atoms with Gasteiger partial charge >= 0.3 is 0 Å². The quantitative estimate of drug-likeness (QED) is 0.415. The Morgan fingerprint density at radius 3 is 2.83 bits per heavy atom. The summed E-state index contributed by atoms with van der Waals surface area (Å²) in [5, 5.41) is 2.26. The molecule has 1 atom stereocenters. The molecule has 1 heterocycles. The van der Waals surface area contributed by atoms with Gasteiger partial charge in [0.15, 0.2) is 0 Å². The van der Waals surface area contributed by atoms with Crippen LogP contribution in [0.2, 0.25) is 0 Å². The number of rotatable bonds is 2. The van der Waals surface area contributed by atoms with E-state index in [4.69, 9.17) is 5.73 Å². The predicted octanol–water partition coefficient (Wildman–Crippen LogP) is -0.850. The van der Waals surface area contributed by atoms with Crippen LogP contribution in [0.5, 0.6) is 0 Å². The van der Waals surface area contributed by atoms with Crippen LogP contribution >= 0.6 is 0 Å². The molecule has 0 spiro atoms. The third-order valence-electron chi connectivity index (χ3n) is 1.50. The molecule has 0 aromatic rings. The van der Waals surface area contributed by atoms with Gasteiger partial charge in [0.1, 0.15) is 5.92 Å². The third kappa shape index (κ3) is 1.50. The van der Waals surface area contributed by atoms with Crippen molar-refractivity contribution in [3.63, 3.8) is 0 Å². The maximum atomic E-state index is 11.1. The molecule has 0 saturated heterocycles. The number of nitrogens with two attached hydrogens (primary N) is 1. The Balaban J connectivity index is 2.82. The highest BCUT2D eigenvalue weighted by Gasteiger charge is 2.29. The lowest BCUT2D eigenvalue weighted by Crippen LogP contribution is -2.47. The number of nitrogens with one attached hydrogen (secondary N) is 1. The number of hydrogen-bond donors (Lipinski definition) is 2. The third-order valence-corrected chi connectivity index (χ3v) is 1.50. The van der Waals surface area contributed by atoms with E-state index in [1.54, 1.807) is 0 Å². The summed E-state index contributed by atoms with van der Waals surface area (Å²) in [6.07, 6.45) is 1.79. The van der Waals surface area contributed by atoms with E-state index in [1.807, 2.05) is 0 Å². The van der Waals surface area contributed by atoms with Crippen LogP contribution in [0.1, 0.15) is 6.42 Å². The predicted molar refractivity (Wildman–Crippen MR) is 43.1 cm³/mol. The zero-order valence-corrected chi connectivity index (χ0v) is 6.41. The minimum atomic E-state index is -0.755. The van der Waals surface area contributed by atoms with Gasteiger partial charge in [-0.05, 0) is 6.42 Å². The highest BCUT2D eigenvalue weighted by molar-refractivity contribution is 6.14. The lowest BCUT2D eigenvalue weighted by atomic mass is 10.0. The van der Waals surface area contributed by atoms with Gasteiger partial charge < -0.3 is 5.73 Å². The van der Waals surface area contributed by atoms with E-state index in [-0.39, 0.29) is 5.96 Å². The molecule has 1 aliphatic rings. The summed E-state index contributed by atoms with van der Waals surface area (Å²) >= 11 is 0. The first-order chi connectivity index (χ1) is 5.65. The number of guanidine groups is 1. The molecule has 0 fully saturated rings. The fourth-order valence-corrected chi connectivity index (χ4v) is 0.925. The van der Waals surface area contributed by atoms with E-state index < -0.39 is 17.7 Å². The normalized spacial score (nSPS) is 23.0. The Morgan fingerprint density at radius 1 is 1.67 bits per heavy atom. The molecule has 0 aromatic heterocycles. The van der Waals surface area contributed by atoms with Gasteiger partial charge in [-0.1, -0.05) is 6.08 Å². The summed E-state index contributed by atoms with van der Waals surface area (Å²) in [6.45, 7) is 3.43. The standard InChI is InChI=1S/C7H9N3O2/c1-2-3-4-5(11)9-7(8)10-6(4)12/h2,4H,1,3H2,(H3,8,9,10,11,12). The lowest BCUT2D eigenvalue weighted by Gasteiger charge is -2.15. The largest absolute Gasteiger partial charge is 0.369 e. The fourth-order valence-electron chi connectivity index (χ4n) is 0.925. The Labute approximate surface area is 69.3 Å². The molecular weight excluding hydrogens is 158 g/mol. The van der Waals surface area contributed by atoms with Crippen molar-refractivity contribution >= 4 is 17.8 Å². The van der Waals surface area contributed by atoms with Gasteiger partial charge in [0.2, 0.25) is 11.9 Å². The maximum Gasteiger partial charge on any atom is 0.261 e. The monoisotopic (exact) mass is 167 g/mol. The van der Waals surface area contributed by atoms with Crippen molar-refractivity contribution in [2.75, 3.05) is 0 Å². The first kappa shape index (κ1) is 8.45. The Bertz CT molecular complexity index is 270. The summed E-state index contributed by atoms with van der Waals surface area (Å²) < 4.78 is 0. The van der Waals surface area contributed by atoms with Crippen molar-refractivity contribution in [1.29, 1.82) is 0 Å². The first-order valence-electron chi connectivity index (χ1n) is 3.45. The SMILES string of the molecule is C=CC[C@H]1C(=O)N=C(N)NC1=O. The molecule has 5 heteroatoms. The maximum absolute atomic E-state index is 11.1. The van der Waals surface area contributed by atoms with E-state index in [2.05, 4.69) is 16.9 Å². The minimum absolute atomic E-state index is 0.134. The number of hydrogen-bond acceptors (Lipinski definition) is 3. The summed E-state index contributed by atoms with van der Waals surface area (Å²) in [5.74, 6) is -1.80. The highest BCUT2D eigenvalue weighted by atomic mass is 16.2. The van der Waals surface area contributed by atoms with Crippen LogP contribution in [0.4, 0.5) is 0 Å². The van der Waals surface area contributed by atoms with Crippen LogP contribution in [-0.4, -0.2) is 17.8 Å². The van der Waals surface area contributed by atoms with Gasteiger partial charge in [-0.25, -0.2) is 0 Å². The molecule has 3 N–H and O–H groups in total. The van der Waals surface area contributed by atoms with Crippen LogP contribution < -0.4 is 11.1 Å². The summed E-state index contributed by atoms with van der Waals surface area (Å²) in [7, 11) is 0. The zero-order valence-electron chi connectivity index (χ0n) is 6.41. The van der Waals surface area contributed by atoms with E-state index in [9.17, 15) is 9.59 Å². The van der Waals surface area contributed by atoms with Gasteiger partial charge in [-0.2, -0.15) is 4.99 Å². The average molecular weight is 167 g/mol. The highest BCUT2D eigenvalue weighted by Crippen LogP contribution is 2.09. The Morgan fingerprint density at radius 2 is 2.33 bits per heavy atom. The average Bonchev–Trinajstić information content (AvgIpc) is 1.96. The van der Waals surface area contributed by atoms with Gasteiger partial charge in [0.05, 0.1) is 0 Å². The van der Waals surface area contributed by atoms with E-state index in [1.165, 1.54) is 6.08 Å². The minimum Gasteiger partial charge on any atom is -0.369 e. The van der Waals surface area contributed by atoms with E-state index in [0.29, 0.717) is 6.42 Å². The van der Waals surface area contributed by atoms with Crippen LogP contribution in [0, 0.1) is 5.92 Å². The second-order valence-corrected chi connectivity index (χ2v) is 2.40. The molecule has 0 saturated carbocycles. The van der Waals surface area contributed by atoms with Crippen molar-refractivity contribution in [2.24, 2.45) is 16.6 Å². The van der Waals surface area contributed by atoms with Crippen molar-refractivity contribution in [1.82, 2.24) is 5.32 Å². The van der Waals surface area contributed by atoms with Gasteiger partial charge in [-0.3, -0.25) is 14.9 Å². The van der Waals surface area contributed by atoms with Crippen molar-refractivity contribution in [3.8, 4) is 0 Å². The summed E-state index contributed by atoms with van der Waals surface area (Å²) in [6, 6.07) is 0. The van der Waals surface area contributed by atoms with Gasteiger partial charge in [-0.15, -0.1) is 6.58 Å². The van der Waals surface area contributed by atoms with Crippen LogP contribution in [0.25, 0.3) is 0 Å². The molecule has 0 bridgehead atoms. The van der Waals surface area contributed by atoms with Crippen molar-refractivity contribution in [3.05, 3.63) is 12.7 Å². The first-order valence-corrected chi connectivity index (χ1v) is 3.45. The van der Waals surface area contributed by atoms with Crippen LogP contribution in [0.15, 0.2) is 17.6 Å². The second kappa shape index (κ2) is 3.17. The summed E-state index contributed by atoms with van der Waals surface area (Å²) in [5.41, 5.74) is 5.15. The lowest BCUT2D eigenvalue weighted by molar-refractivity contribution is -0.133. The van der Waals surface area contributed by atoms with Crippen molar-refractivity contribution in [2.45, 2.75) is 6.42 Å². The topological polar surface area (TPSA) is 84.6 Å². The van der Waals surface area contributed by atoms with Gasteiger partial charge in [0.25, 0.3) is 5.91 Å². The molecule has 0 unspecified atom stereocenters. The molecule has 12 heavy (non-hydrogen) atoms. The van der Waals surface area contributed by atoms with Gasteiger partial charge in [0, 0.05) is 0 Å². The fraction of sp³-hybridized carbons (Fsp3) is 0.286. The number of amides is 2. The molecule has 0 aliphatic carbocycles. The van der Waals surface area contributed by atoms with E-state index in [0.717, 1.165) is 0 Å². The number of aliphatic imine (C=N–C) groups is 1. The van der Waals surface area contributed by atoms with E-state index >= 15 is 0 Å². The summed E-state index contributed by atoms with van der Waals surface area (Å²) in [4.78, 5) is 25.5. The number of nitrogens with zero attached hydrogens (tertiary/aromatic N) is 1. The zero-order chi connectivity index (χ0) is 9.14. The number of carbonyl (C=O) groups excluding carboxylic acids is 2. The molecule has 1 aliphatic heterocycles. The molecular formula is C7H9N3O2. The van der Waals surface area contributed by atoms with Crippen molar-refractivity contribution < 1.29 is 9.59 Å². The molecule has 5 nitrogen and oxygen atoms in total.